The summed E-state index contributed by atoms with van der Waals surface area (Å²) in [6.45, 7) is 18.4. The molecule has 546 valence electrons. The maximum atomic E-state index is 5.33. The van der Waals surface area contributed by atoms with E-state index in [9.17, 15) is 0 Å². The Labute approximate surface area is 641 Å². The zero-order chi connectivity index (χ0) is 73.8. The second-order valence-electron chi connectivity index (χ2n) is 31.5. The summed E-state index contributed by atoms with van der Waals surface area (Å²) in [6, 6.07) is 87.2. The minimum Gasteiger partial charge on any atom is -0.309 e. The van der Waals surface area contributed by atoms with Crippen molar-refractivity contribution < 1.29 is 0 Å². The number of hydrogen-bond donors (Lipinski definition) is 0. The molecular formula is C103H109N5. The molecule has 0 bridgehead atoms. The maximum Gasteiger partial charge on any atom is 0.0708 e. The molecule has 0 radical (unpaired) electrons. The minimum absolute atomic E-state index is 0.935. The molecule has 5 heteroatoms. The van der Waals surface area contributed by atoms with E-state index in [1.807, 2.05) is 6.20 Å². The van der Waals surface area contributed by atoms with Gasteiger partial charge in [0.15, 0.2) is 0 Å². The highest BCUT2D eigenvalue weighted by Gasteiger charge is 2.24. The monoisotopic (exact) mass is 1420 g/mol. The summed E-state index contributed by atoms with van der Waals surface area (Å²) in [7, 11) is 0. The van der Waals surface area contributed by atoms with Gasteiger partial charge in [-0.05, 0) is 321 Å². The Morgan fingerprint density at radius 3 is 0.657 bits per heavy atom. The third-order valence-corrected chi connectivity index (χ3v) is 23.6. The second-order valence-corrected chi connectivity index (χ2v) is 31.5. The second kappa shape index (κ2) is 32.3. The molecule has 11 aromatic carbocycles. The summed E-state index contributed by atoms with van der Waals surface area (Å²) in [5, 5.41) is 10.6. The number of aromatic nitrogens is 5. The Kier molecular flexibility index (Phi) is 21.5. The van der Waals surface area contributed by atoms with E-state index < -0.39 is 0 Å². The van der Waals surface area contributed by atoms with Crippen LogP contribution >= 0.6 is 0 Å². The molecule has 0 saturated carbocycles. The molecule has 0 aliphatic carbocycles. The Hall–Kier alpha value is -10.2. The van der Waals surface area contributed by atoms with Gasteiger partial charge in [0.1, 0.15) is 0 Å². The van der Waals surface area contributed by atoms with E-state index in [-0.39, 0.29) is 0 Å². The highest BCUT2D eigenvalue weighted by atomic mass is 15.0. The van der Waals surface area contributed by atoms with Gasteiger partial charge in [-0.3, -0.25) is 4.98 Å². The molecule has 0 saturated heterocycles. The van der Waals surface area contributed by atoms with Gasteiger partial charge < -0.3 is 18.3 Å². The number of nitrogens with zero attached hydrogens (tertiary/aromatic N) is 5. The molecule has 0 spiro atoms. The Bertz CT molecular complexity index is 5020. The highest BCUT2D eigenvalue weighted by Crippen LogP contribution is 2.44. The zero-order valence-electron chi connectivity index (χ0n) is 65.6. The summed E-state index contributed by atoms with van der Waals surface area (Å²) < 4.78 is 10.3. The van der Waals surface area contributed by atoms with Gasteiger partial charge in [-0.1, -0.05) is 173 Å². The SMILES string of the molecule is CCCCc1ccc2c(c1)c1cc(CCCC)ccc1n2-c1cc(-c2cccc(-c3cc(-c4cc(-n5c6ccc(CCCC)cc6c6cc(CCCC)ccc65)cc(-n5c6ccc(CCCC)cc6c6cc(CCCC)ccc65)c4)ccn3)c2)cc(-n2c3ccc(CCCC)cc3c3cc(CCCC)ccc32)c1. The molecule has 0 atom stereocenters. The molecule has 5 nitrogen and oxygen atoms in total. The highest BCUT2D eigenvalue weighted by molar-refractivity contribution is 6.13. The van der Waals surface area contributed by atoms with Crippen molar-refractivity contribution in [2.45, 2.75) is 209 Å². The fourth-order valence-corrected chi connectivity index (χ4v) is 17.5. The van der Waals surface area contributed by atoms with Crippen LogP contribution in [0.5, 0.6) is 0 Å². The van der Waals surface area contributed by atoms with Gasteiger partial charge in [0.25, 0.3) is 0 Å². The first-order valence-electron chi connectivity index (χ1n) is 41.8. The lowest BCUT2D eigenvalue weighted by molar-refractivity contribution is 0.795. The van der Waals surface area contributed by atoms with E-state index in [0.717, 1.165) is 108 Å². The van der Waals surface area contributed by atoms with Crippen LogP contribution in [-0.4, -0.2) is 23.3 Å². The summed E-state index contributed by atoms with van der Waals surface area (Å²) in [5.41, 5.74) is 32.3. The largest absolute Gasteiger partial charge is 0.309 e. The van der Waals surface area contributed by atoms with Crippen LogP contribution in [0.1, 0.15) is 203 Å². The van der Waals surface area contributed by atoms with Gasteiger partial charge in [0, 0.05) is 77.6 Å². The molecule has 0 aliphatic rings. The van der Waals surface area contributed by atoms with Crippen molar-refractivity contribution in [3.8, 4) is 56.3 Å². The average Bonchev–Trinajstić information content (AvgIpc) is 1.59. The predicted molar refractivity (Wildman–Crippen MR) is 467 cm³/mol. The number of hydrogen-bond acceptors (Lipinski definition) is 1. The molecule has 0 N–H and O–H groups in total. The molecule has 16 rings (SSSR count). The fourth-order valence-electron chi connectivity index (χ4n) is 17.5. The van der Waals surface area contributed by atoms with Crippen LogP contribution in [0.4, 0.5) is 0 Å². The van der Waals surface area contributed by atoms with Crippen molar-refractivity contribution in [3.63, 3.8) is 0 Å². The molecule has 16 aromatic rings. The van der Waals surface area contributed by atoms with E-state index in [0.29, 0.717) is 0 Å². The van der Waals surface area contributed by atoms with Crippen molar-refractivity contribution in [1.82, 2.24) is 23.3 Å². The van der Waals surface area contributed by atoms with Crippen LogP contribution in [-0.2, 0) is 51.4 Å². The normalized spacial score (nSPS) is 12.0. The number of rotatable bonds is 31. The first-order chi connectivity index (χ1) is 53.2. The third kappa shape index (κ3) is 14.2. The first-order valence-corrected chi connectivity index (χ1v) is 41.8. The van der Waals surface area contributed by atoms with Crippen molar-refractivity contribution in [1.29, 1.82) is 0 Å². The van der Waals surface area contributed by atoms with E-state index >= 15 is 0 Å². The maximum absolute atomic E-state index is 5.33. The molecule has 0 fully saturated rings. The quantitative estimate of drug-likeness (QED) is 0.0426. The van der Waals surface area contributed by atoms with E-state index in [2.05, 4.69) is 292 Å². The molecule has 0 amide bonds. The number of unbranched alkanes of at least 4 members (excludes halogenated alkanes) is 8. The van der Waals surface area contributed by atoms with Crippen LogP contribution in [0.2, 0.25) is 0 Å². The lowest BCUT2D eigenvalue weighted by Crippen LogP contribution is -2.01. The molecule has 5 aromatic heterocycles. The summed E-state index contributed by atoms with van der Waals surface area (Å²) >= 11 is 0. The Morgan fingerprint density at radius 2 is 0.426 bits per heavy atom. The lowest BCUT2D eigenvalue weighted by Gasteiger charge is -2.17. The third-order valence-electron chi connectivity index (χ3n) is 23.6. The smallest absolute Gasteiger partial charge is 0.0708 e. The molecular weight excluding hydrogens is 1310 g/mol. The van der Waals surface area contributed by atoms with Gasteiger partial charge in [-0.25, -0.2) is 0 Å². The minimum atomic E-state index is 0.935. The van der Waals surface area contributed by atoms with Crippen molar-refractivity contribution in [2.24, 2.45) is 0 Å². The predicted octanol–water partition coefficient (Wildman–Crippen LogP) is 29.2. The topological polar surface area (TPSA) is 32.6 Å². The first kappa shape index (κ1) is 72.0. The van der Waals surface area contributed by atoms with Crippen molar-refractivity contribution >= 4 is 87.2 Å². The standard InChI is InChI=1S/C103H109N5/c1-9-17-26-70-36-44-96-87(54-70)88-55-71(27-18-10-2)37-45-97(88)105(96)83-63-81(64-84(68-83)106-98-46-38-72(28-19-11-3)56-89(98)90-57-73(29-20-12-4)39-47-99(90)106)78-34-25-35-80(62-78)95-67-79(52-53-104-95)82-65-85(107-100-48-40-74(30-21-13-5)58-91(100)92-59-75(31-22-14-6)41-49-101(92)107)69-86(66-82)108-102-50-42-76(32-23-15-7)60-93(102)94-61-77(33-24-16-8)43-51-103(94)108/h25,34-69H,9-24,26-33H2,1-8H3. The molecule has 0 unspecified atom stereocenters. The molecule has 108 heavy (non-hydrogen) atoms. The van der Waals surface area contributed by atoms with Crippen LogP contribution in [0.15, 0.2) is 225 Å². The number of aryl methyl sites for hydroxylation is 8. The van der Waals surface area contributed by atoms with Crippen LogP contribution in [0.3, 0.4) is 0 Å². The van der Waals surface area contributed by atoms with Gasteiger partial charge in [-0.15, -0.1) is 0 Å². The molecule has 0 aliphatic heterocycles. The average molecular weight is 1420 g/mol. The zero-order valence-corrected chi connectivity index (χ0v) is 65.6. The van der Waals surface area contributed by atoms with E-state index in [1.54, 1.807) is 0 Å². The van der Waals surface area contributed by atoms with Gasteiger partial charge in [-0.2, -0.15) is 0 Å². The van der Waals surface area contributed by atoms with Gasteiger partial charge in [0.2, 0.25) is 0 Å². The Balaban J connectivity index is 0.892. The number of fused-ring (bicyclic) bond motifs is 12. The van der Waals surface area contributed by atoms with Crippen molar-refractivity contribution in [2.75, 3.05) is 0 Å². The van der Waals surface area contributed by atoms with Crippen LogP contribution in [0, 0.1) is 0 Å². The van der Waals surface area contributed by atoms with E-state index in [1.165, 1.54) is 234 Å². The summed E-state index contributed by atoms with van der Waals surface area (Å²) in [4.78, 5) is 5.33. The number of pyridine rings is 1. The fraction of sp³-hybridized carbons (Fsp3) is 0.311. The van der Waals surface area contributed by atoms with Crippen molar-refractivity contribution in [3.05, 3.63) is 269 Å². The van der Waals surface area contributed by atoms with E-state index in [4.69, 9.17) is 4.98 Å². The van der Waals surface area contributed by atoms with Gasteiger partial charge >= 0.3 is 0 Å². The Morgan fingerprint density at radius 1 is 0.204 bits per heavy atom. The lowest BCUT2D eigenvalue weighted by atomic mass is 9.98. The number of benzene rings is 11. The van der Waals surface area contributed by atoms with Gasteiger partial charge in [0.05, 0.1) is 49.8 Å². The van der Waals surface area contributed by atoms with Crippen LogP contribution < -0.4 is 0 Å². The summed E-state index contributed by atoms with van der Waals surface area (Å²) in [6.07, 6.45) is 29.5. The summed E-state index contributed by atoms with van der Waals surface area (Å²) in [5.74, 6) is 0. The van der Waals surface area contributed by atoms with Crippen LogP contribution in [0.25, 0.3) is 143 Å². The molecule has 5 heterocycles.